The predicted octanol–water partition coefficient (Wildman–Crippen LogP) is 4.25. The van der Waals surface area contributed by atoms with Crippen molar-refractivity contribution in [3.8, 4) is 0 Å². The highest BCUT2D eigenvalue weighted by Gasteiger charge is 2.32. The van der Waals surface area contributed by atoms with Crippen molar-refractivity contribution in [1.29, 1.82) is 0 Å². The molecule has 10 nitrogen and oxygen atoms in total. The lowest BCUT2D eigenvalue weighted by Crippen LogP contribution is -2.31. The van der Waals surface area contributed by atoms with Gasteiger partial charge < -0.3 is 24.5 Å². The average Bonchev–Trinajstić information content (AvgIpc) is 3.38. The number of hydrogen-bond donors (Lipinski definition) is 4. The number of anilines is 1. The first-order chi connectivity index (χ1) is 18.9. The molecule has 1 fully saturated rings. The molecular formula is C28H34N4O6S. The van der Waals surface area contributed by atoms with Crippen molar-refractivity contribution >= 4 is 29.3 Å². The van der Waals surface area contributed by atoms with E-state index in [1.807, 2.05) is 66.3 Å². The second-order valence-electron chi connectivity index (χ2n) is 9.39. The van der Waals surface area contributed by atoms with E-state index in [1.54, 1.807) is 23.4 Å². The van der Waals surface area contributed by atoms with Gasteiger partial charge in [-0.3, -0.25) is 14.8 Å². The van der Waals surface area contributed by atoms with Gasteiger partial charge in [-0.15, -0.1) is 0 Å². The zero-order valence-electron chi connectivity index (χ0n) is 21.8. The number of hydrogen-bond acceptors (Lipinski definition) is 8. The van der Waals surface area contributed by atoms with Gasteiger partial charge in [0.25, 0.3) is 0 Å². The first kappa shape index (κ1) is 28.8. The number of benzene rings is 2. The molecule has 0 unspecified atom stereocenters. The first-order valence-electron chi connectivity index (χ1n) is 12.9. The zero-order valence-corrected chi connectivity index (χ0v) is 22.6. The highest BCUT2D eigenvalue weighted by molar-refractivity contribution is 7.99. The number of ether oxygens (including phenoxy) is 2. The Kier molecular flexibility index (Phi) is 10.5. The fraction of sp³-hybridized carbons (Fsp3) is 0.393. The molecule has 3 aromatic rings. The van der Waals surface area contributed by atoms with Crippen molar-refractivity contribution in [3.63, 3.8) is 0 Å². The highest BCUT2D eigenvalue weighted by atomic mass is 32.2. The molecule has 4 N–H and O–H groups in total. The van der Waals surface area contributed by atoms with E-state index in [1.165, 1.54) is 0 Å². The molecule has 2 amide bonds. The minimum atomic E-state index is -0.587. The predicted molar refractivity (Wildman–Crippen MR) is 146 cm³/mol. The molecule has 0 radical (unpaired) electrons. The van der Waals surface area contributed by atoms with Crippen LogP contribution in [0.15, 0.2) is 66.1 Å². The van der Waals surface area contributed by atoms with Gasteiger partial charge in [0.1, 0.15) is 0 Å². The Morgan fingerprint density at radius 3 is 2.36 bits per heavy atom. The molecule has 3 atom stereocenters. The van der Waals surface area contributed by atoms with E-state index in [9.17, 15) is 14.7 Å². The van der Waals surface area contributed by atoms with Crippen LogP contribution in [0.5, 0.6) is 0 Å². The summed E-state index contributed by atoms with van der Waals surface area (Å²) in [5.74, 6) is 0.111. The maximum absolute atomic E-state index is 12.3. The monoisotopic (exact) mass is 554 g/mol. The third-order valence-electron chi connectivity index (χ3n) is 6.44. The van der Waals surface area contributed by atoms with E-state index in [0.29, 0.717) is 30.7 Å². The lowest BCUT2D eigenvalue weighted by atomic mass is 10.0. The summed E-state index contributed by atoms with van der Waals surface area (Å²) >= 11 is 1.64. The molecule has 0 aliphatic carbocycles. The van der Waals surface area contributed by atoms with Crippen molar-refractivity contribution in [2.45, 2.75) is 62.4 Å². The van der Waals surface area contributed by atoms with Crippen LogP contribution in [0.4, 0.5) is 5.69 Å². The van der Waals surface area contributed by atoms with Gasteiger partial charge in [-0.2, -0.15) is 0 Å². The van der Waals surface area contributed by atoms with Gasteiger partial charge in [-0.1, -0.05) is 48.2 Å². The SMILES string of the molecule is Cn1ccnc1SC[C@@H]1C[C@H](c2ccc(CO)cc2)O[C@H](c2ccc(NC(=O)CCCCC(=O)NO)cc2)O1. The standard InChI is InChI=1S/C28H34N4O6S/c1-32-15-14-29-28(32)39-18-23-16-24(20-8-6-19(17-33)7-9-20)38-27(37-23)21-10-12-22(13-11-21)30-25(34)4-2-3-5-26(35)31-36/h6-15,23-24,27,33,36H,2-5,16-18H2,1H3,(H,30,34)(H,31,35)/t23-,24+,27+/m0/s1. The summed E-state index contributed by atoms with van der Waals surface area (Å²) in [6.45, 7) is -0.00970. The number of aryl methyl sites for hydroxylation is 1. The van der Waals surface area contributed by atoms with Gasteiger partial charge in [-0.05, 0) is 36.1 Å². The fourth-order valence-corrected chi connectivity index (χ4v) is 5.20. The molecule has 1 aliphatic rings. The Morgan fingerprint density at radius 1 is 1.03 bits per heavy atom. The van der Waals surface area contributed by atoms with Gasteiger partial charge in [-0.25, -0.2) is 10.5 Å². The molecule has 1 aromatic heterocycles. The van der Waals surface area contributed by atoms with Crippen LogP contribution in [0.2, 0.25) is 0 Å². The number of thioether (sulfide) groups is 1. The van der Waals surface area contributed by atoms with Gasteiger partial charge in [0.15, 0.2) is 11.4 Å². The number of rotatable bonds is 12. The second-order valence-corrected chi connectivity index (χ2v) is 10.4. The number of amides is 2. The van der Waals surface area contributed by atoms with E-state index in [2.05, 4.69) is 10.3 Å². The summed E-state index contributed by atoms with van der Waals surface area (Å²) < 4.78 is 14.7. The van der Waals surface area contributed by atoms with E-state index in [4.69, 9.17) is 14.7 Å². The lowest BCUT2D eigenvalue weighted by Gasteiger charge is -2.36. The quantitative estimate of drug-likeness (QED) is 0.113. The number of aliphatic hydroxyl groups excluding tert-OH is 1. The van der Waals surface area contributed by atoms with Crippen LogP contribution in [-0.2, 0) is 32.7 Å². The molecule has 4 rings (SSSR count). The topological polar surface area (TPSA) is 135 Å². The summed E-state index contributed by atoms with van der Waals surface area (Å²) in [5, 5.41) is 21.7. The highest BCUT2D eigenvalue weighted by Crippen LogP contribution is 2.39. The van der Waals surface area contributed by atoms with Crippen molar-refractivity contribution in [3.05, 3.63) is 77.6 Å². The normalized spacial score (nSPS) is 19.0. The summed E-state index contributed by atoms with van der Waals surface area (Å²) in [6.07, 6.45) is 5.02. The van der Waals surface area contributed by atoms with Crippen LogP contribution in [-0.4, -0.2) is 43.5 Å². The molecule has 0 spiro atoms. The lowest BCUT2D eigenvalue weighted by molar-refractivity contribution is -0.245. The minimum absolute atomic E-state index is 0.00970. The van der Waals surface area contributed by atoms with Crippen LogP contribution < -0.4 is 10.8 Å². The number of unbranched alkanes of at least 4 members (excludes halogenated alkanes) is 1. The van der Waals surface area contributed by atoms with Crippen molar-refractivity contribution < 1.29 is 29.4 Å². The van der Waals surface area contributed by atoms with Crippen LogP contribution in [0.3, 0.4) is 0 Å². The Bertz CT molecular complexity index is 1220. The Balaban J connectivity index is 1.39. The van der Waals surface area contributed by atoms with E-state index in [0.717, 1.165) is 21.8 Å². The zero-order chi connectivity index (χ0) is 27.6. The second kappa shape index (κ2) is 14.2. The molecular weight excluding hydrogens is 520 g/mol. The number of aromatic nitrogens is 2. The molecule has 11 heteroatoms. The van der Waals surface area contributed by atoms with Crippen molar-refractivity contribution in [2.24, 2.45) is 7.05 Å². The Labute approximate surface area is 231 Å². The third-order valence-corrected chi connectivity index (χ3v) is 7.63. The average molecular weight is 555 g/mol. The number of hydroxylamine groups is 1. The van der Waals surface area contributed by atoms with Crippen LogP contribution in [0.1, 0.15) is 61.2 Å². The third kappa shape index (κ3) is 8.38. The van der Waals surface area contributed by atoms with Crippen LogP contribution in [0.25, 0.3) is 0 Å². The molecule has 0 bridgehead atoms. The maximum atomic E-state index is 12.3. The number of nitrogens with zero attached hydrogens (tertiary/aromatic N) is 2. The summed E-state index contributed by atoms with van der Waals surface area (Å²) in [4.78, 5) is 27.7. The van der Waals surface area contributed by atoms with Crippen molar-refractivity contribution in [2.75, 3.05) is 11.1 Å². The Hall–Kier alpha value is -3.22. The summed E-state index contributed by atoms with van der Waals surface area (Å²) in [7, 11) is 1.96. The van der Waals surface area contributed by atoms with Crippen LogP contribution >= 0.6 is 11.8 Å². The van der Waals surface area contributed by atoms with Crippen LogP contribution in [0, 0.1) is 0 Å². The molecule has 2 aromatic carbocycles. The maximum Gasteiger partial charge on any atom is 0.243 e. The van der Waals surface area contributed by atoms with E-state index >= 15 is 0 Å². The van der Waals surface area contributed by atoms with Gasteiger partial charge in [0.2, 0.25) is 11.8 Å². The summed E-state index contributed by atoms with van der Waals surface area (Å²) in [5.41, 5.74) is 4.95. The van der Waals surface area contributed by atoms with E-state index in [-0.39, 0.29) is 37.6 Å². The van der Waals surface area contributed by atoms with Gasteiger partial charge >= 0.3 is 0 Å². The number of carbonyl (C=O) groups is 2. The molecule has 0 saturated carbocycles. The van der Waals surface area contributed by atoms with Gasteiger partial charge in [0, 0.05) is 55.7 Å². The van der Waals surface area contributed by atoms with Gasteiger partial charge in [0.05, 0.1) is 18.8 Å². The van der Waals surface area contributed by atoms with E-state index < -0.39 is 12.2 Å². The number of aliphatic hydroxyl groups is 1. The molecule has 208 valence electrons. The minimum Gasteiger partial charge on any atom is -0.392 e. The number of imidazole rings is 1. The molecule has 39 heavy (non-hydrogen) atoms. The summed E-state index contributed by atoms with van der Waals surface area (Å²) in [6, 6.07) is 15.2. The Morgan fingerprint density at radius 2 is 1.72 bits per heavy atom. The largest absolute Gasteiger partial charge is 0.392 e. The smallest absolute Gasteiger partial charge is 0.243 e. The first-order valence-corrected chi connectivity index (χ1v) is 13.9. The molecule has 1 aliphatic heterocycles. The van der Waals surface area contributed by atoms with Crippen molar-refractivity contribution in [1.82, 2.24) is 15.0 Å². The number of nitrogens with one attached hydrogen (secondary N) is 2. The number of carbonyl (C=O) groups excluding carboxylic acids is 2. The molecule has 2 heterocycles. The fourth-order valence-electron chi connectivity index (χ4n) is 4.26. The molecule has 1 saturated heterocycles.